The van der Waals surface area contributed by atoms with Crippen LogP contribution < -0.4 is 20.7 Å². The number of nitrogens with zero attached hydrogens (tertiary/aromatic N) is 5. The van der Waals surface area contributed by atoms with Crippen molar-refractivity contribution in [2.75, 3.05) is 43.5 Å². The number of carboxylic acid groups (broad SMARTS) is 1. The molecule has 14 heteroatoms. The van der Waals surface area contributed by atoms with Gasteiger partial charge < -0.3 is 30.5 Å². The molecule has 0 radical (unpaired) electrons. The molecule has 5 heterocycles. The SMILES string of the molecule is Cc1ccn(-c2cc(C3CCOCC3)ccc2[C@@H](Oc2cc(N3CCC4(CC3)CN[C@H](C(=O)O)C4)nc(N)n2)C(F)(F)F)n1. The number of halogens is 3. The van der Waals surface area contributed by atoms with E-state index in [1.165, 1.54) is 16.8 Å². The second kappa shape index (κ2) is 11.9. The molecule has 236 valence electrons. The summed E-state index contributed by atoms with van der Waals surface area (Å²) in [4.78, 5) is 21.7. The highest BCUT2D eigenvalue weighted by Crippen LogP contribution is 2.43. The van der Waals surface area contributed by atoms with Gasteiger partial charge in [0.15, 0.2) is 0 Å². The van der Waals surface area contributed by atoms with Gasteiger partial charge in [0.25, 0.3) is 0 Å². The highest BCUT2D eigenvalue weighted by Gasteiger charge is 2.46. The summed E-state index contributed by atoms with van der Waals surface area (Å²) in [5.74, 6) is -0.828. The van der Waals surface area contributed by atoms with E-state index in [-0.39, 0.29) is 34.4 Å². The molecule has 1 aromatic carbocycles. The van der Waals surface area contributed by atoms with E-state index in [0.29, 0.717) is 63.6 Å². The molecule has 3 aliphatic heterocycles. The van der Waals surface area contributed by atoms with Crippen molar-refractivity contribution >= 4 is 17.7 Å². The number of carboxylic acids is 1. The van der Waals surface area contributed by atoms with Gasteiger partial charge in [-0.05, 0) is 68.1 Å². The van der Waals surface area contributed by atoms with Gasteiger partial charge >= 0.3 is 12.1 Å². The van der Waals surface area contributed by atoms with Crippen LogP contribution in [-0.2, 0) is 9.53 Å². The molecule has 0 bridgehead atoms. The largest absolute Gasteiger partial charge is 0.480 e. The lowest BCUT2D eigenvalue weighted by Gasteiger charge is -2.39. The number of hydrogen-bond donors (Lipinski definition) is 3. The number of carbonyl (C=O) groups is 1. The number of anilines is 2. The Kier molecular flexibility index (Phi) is 8.14. The van der Waals surface area contributed by atoms with Gasteiger partial charge in [-0.25, -0.2) is 4.68 Å². The van der Waals surface area contributed by atoms with E-state index in [1.54, 1.807) is 31.3 Å². The zero-order valence-electron chi connectivity index (χ0n) is 24.4. The summed E-state index contributed by atoms with van der Waals surface area (Å²) in [6, 6.07) is 7.49. The van der Waals surface area contributed by atoms with Crippen LogP contribution >= 0.6 is 0 Å². The molecule has 2 aromatic heterocycles. The zero-order valence-corrected chi connectivity index (χ0v) is 24.4. The second-order valence-electron chi connectivity index (χ2n) is 12.0. The Morgan fingerprint density at radius 2 is 1.93 bits per heavy atom. The zero-order chi connectivity index (χ0) is 31.1. The van der Waals surface area contributed by atoms with Crippen LogP contribution in [-0.4, -0.2) is 75.9 Å². The van der Waals surface area contributed by atoms with Crippen molar-refractivity contribution in [1.82, 2.24) is 25.1 Å². The van der Waals surface area contributed by atoms with Gasteiger partial charge in [-0.2, -0.15) is 28.2 Å². The summed E-state index contributed by atoms with van der Waals surface area (Å²) in [5, 5.41) is 16.9. The number of ether oxygens (including phenoxy) is 2. The van der Waals surface area contributed by atoms with Crippen LogP contribution in [0.2, 0.25) is 0 Å². The topological polar surface area (TPSA) is 141 Å². The molecule has 2 atom stereocenters. The van der Waals surface area contributed by atoms with Gasteiger partial charge in [0.1, 0.15) is 11.9 Å². The molecule has 0 amide bonds. The number of benzene rings is 1. The number of nitrogen functional groups attached to an aromatic ring is 1. The molecule has 44 heavy (non-hydrogen) atoms. The molecule has 3 saturated heterocycles. The highest BCUT2D eigenvalue weighted by molar-refractivity contribution is 5.74. The molecule has 0 aliphatic carbocycles. The van der Waals surface area contributed by atoms with Crippen LogP contribution in [0.5, 0.6) is 5.88 Å². The fourth-order valence-corrected chi connectivity index (χ4v) is 6.58. The van der Waals surface area contributed by atoms with Crippen molar-refractivity contribution in [1.29, 1.82) is 0 Å². The van der Waals surface area contributed by atoms with Gasteiger partial charge in [-0.3, -0.25) is 4.79 Å². The number of alkyl halides is 3. The van der Waals surface area contributed by atoms with Crippen LogP contribution in [0.3, 0.4) is 0 Å². The van der Waals surface area contributed by atoms with Gasteiger partial charge in [-0.15, -0.1) is 0 Å². The first-order valence-electron chi connectivity index (χ1n) is 14.8. The number of nitrogens with one attached hydrogen (secondary N) is 1. The van der Waals surface area contributed by atoms with E-state index in [0.717, 1.165) is 18.4 Å². The molecule has 4 N–H and O–H groups in total. The fourth-order valence-electron chi connectivity index (χ4n) is 6.58. The van der Waals surface area contributed by atoms with E-state index in [1.807, 2.05) is 4.90 Å². The lowest BCUT2D eigenvalue weighted by atomic mass is 9.76. The lowest BCUT2D eigenvalue weighted by Crippen LogP contribution is -2.41. The Morgan fingerprint density at radius 1 is 1.18 bits per heavy atom. The van der Waals surface area contributed by atoms with Crippen molar-refractivity contribution in [3.05, 3.63) is 53.3 Å². The van der Waals surface area contributed by atoms with Crippen LogP contribution in [0, 0.1) is 12.3 Å². The first kappa shape index (κ1) is 30.1. The minimum atomic E-state index is -4.79. The van der Waals surface area contributed by atoms with Crippen LogP contribution in [0.15, 0.2) is 36.5 Å². The van der Waals surface area contributed by atoms with Crippen LogP contribution in [0.4, 0.5) is 24.9 Å². The second-order valence-corrected chi connectivity index (χ2v) is 12.0. The molecule has 11 nitrogen and oxygen atoms in total. The van der Waals surface area contributed by atoms with Gasteiger partial charge in [0.2, 0.25) is 17.9 Å². The molecule has 0 saturated carbocycles. The maximum atomic E-state index is 14.8. The quantitative estimate of drug-likeness (QED) is 0.355. The first-order valence-corrected chi connectivity index (χ1v) is 14.8. The standard InChI is InChI=1S/C30H36F3N7O4/c1-18-4-9-40(38-18)23-14-20(19-5-12-43-13-6-19)2-3-21(23)26(30(31,32)33)44-25-15-24(36-28(34)37-25)39-10-7-29(8-11-39)16-22(27(41)42)35-17-29/h2-4,9,14-15,19,22,26,35H,5-8,10-13,16-17H2,1H3,(H,41,42)(H2,34,36,37)/t22-,26+/m0/s1. The Balaban J connectivity index is 1.28. The summed E-state index contributed by atoms with van der Waals surface area (Å²) in [6.45, 7) is 4.68. The summed E-state index contributed by atoms with van der Waals surface area (Å²) < 4.78 is 56.8. The number of aliphatic carboxylic acids is 1. The molecule has 1 spiro atoms. The summed E-state index contributed by atoms with van der Waals surface area (Å²) >= 11 is 0. The Bertz CT molecular complexity index is 1500. The Labute approximate surface area is 252 Å². The Hall–Kier alpha value is -3.91. The number of piperidine rings is 1. The van der Waals surface area contributed by atoms with E-state index in [4.69, 9.17) is 15.2 Å². The van der Waals surface area contributed by atoms with Crippen molar-refractivity contribution in [2.24, 2.45) is 5.41 Å². The van der Waals surface area contributed by atoms with Crippen LogP contribution in [0.25, 0.3) is 5.69 Å². The van der Waals surface area contributed by atoms with Crippen molar-refractivity contribution in [3.8, 4) is 11.6 Å². The third kappa shape index (κ3) is 6.32. The molecule has 3 fully saturated rings. The minimum Gasteiger partial charge on any atom is -0.480 e. The fraction of sp³-hybridized carbons (Fsp3) is 0.533. The van der Waals surface area contributed by atoms with E-state index < -0.39 is 24.3 Å². The van der Waals surface area contributed by atoms with Crippen LogP contribution in [0.1, 0.15) is 60.9 Å². The molecule has 3 aliphatic rings. The molecular weight excluding hydrogens is 579 g/mol. The minimum absolute atomic E-state index is 0.100. The molecule has 3 aromatic rings. The van der Waals surface area contributed by atoms with Crippen molar-refractivity contribution < 1.29 is 32.5 Å². The Morgan fingerprint density at radius 3 is 2.57 bits per heavy atom. The van der Waals surface area contributed by atoms with E-state index in [9.17, 15) is 23.1 Å². The summed E-state index contributed by atoms with van der Waals surface area (Å²) in [7, 11) is 0. The van der Waals surface area contributed by atoms with Gasteiger partial charge in [0.05, 0.1) is 11.4 Å². The van der Waals surface area contributed by atoms with Gasteiger partial charge in [-0.1, -0.05) is 12.1 Å². The third-order valence-corrected chi connectivity index (χ3v) is 9.05. The molecular formula is C30H36F3N7O4. The van der Waals surface area contributed by atoms with E-state index in [2.05, 4.69) is 20.4 Å². The number of rotatable bonds is 7. The first-order chi connectivity index (χ1) is 21.0. The average molecular weight is 616 g/mol. The number of hydrogen-bond acceptors (Lipinski definition) is 9. The predicted octanol–water partition coefficient (Wildman–Crippen LogP) is 4.16. The smallest absolute Gasteiger partial charge is 0.429 e. The number of aromatic nitrogens is 4. The molecule has 6 rings (SSSR count). The maximum absolute atomic E-state index is 14.8. The van der Waals surface area contributed by atoms with E-state index >= 15 is 0 Å². The predicted molar refractivity (Wildman–Crippen MR) is 155 cm³/mol. The summed E-state index contributed by atoms with van der Waals surface area (Å²) in [5.41, 5.74) is 7.59. The highest BCUT2D eigenvalue weighted by atomic mass is 19.4. The maximum Gasteiger partial charge on any atom is 0.429 e. The summed E-state index contributed by atoms with van der Waals surface area (Å²) in [6.07, 6.45) is -1.98. The number of aryl methyl sites for hydroxylation is 1. The molecule has 0 unspecified atom stereocenters. The lowest BCUT2D eigenvalue weighted by molar-refractivity contribution is -0.198. The van der Waals surface area contributed by atoms with Crippen molar-refractivity contribution in [3.63, 3.8) is 0 Å². The van der Waals surface area contributed by atoms with Crippen molar-refractivity contribution in [2.45, 2.75) is 63.3 Å². The average Bonchev–Trinajstić information content (AvgIpc) is 3.62. The number of nitrogens with two attached hydrogens (primary N) is 1. The van der Waals surface area contributed by atoms with Gasteiger partial charge in [0, 0.05) is 50.7 Å². The monoisotopic (exact) mass is 615 g/mol. The third-order valence-electron chi connectivity index (χ3n) is 9.05. The normalized spacial score (nSPS) is 21.5.